The first-order chi connectivity index (χ1) is 6.50. The minimum atomic E-state index is -1.00. The Hall–Kier alpha value is -1.84. The third-order valence-electron chi connectivity index (χ3n) is 1.93. The molecule has 4 nitrogen and oxygen atoms in total. The molecule has 0 aromatic heterocycles. The molecule has 74 valence electrons. The van der Waals surface area contributed by atoms with Crippen molar-refractivity contribution in [3.63, 3.8) is 0 Å². The first-order valence-corrected chi connectivity index (χ1v) is 4.05. The lowest BCUT2D eigenvalue weighted by atomic mass is 10.0. The number of hydrogen-bond acceptors (Lipinski definition) is 2. The Morgan fingerprint density at radius 3 is 2.36 bits per heavy atom. The van der Waals surface area contributed by atoms with E-state index in [1.54, 1.807) is 6.92 Å². The van der Waals surface area contributed by atoms with Gasteiger partial charge in [-0.05, 0) is 30.2 Å². The standard InChI is InChI=1S/C10H10O4/c1-6-4-8(10(13)14)3-2-7(6)5-9(11)12/h2-4H,5H2,1H3,(H,11,12)(H,13,14). The van der Waals surface area contributed by atoms with E-state index in [0.29, 0.717) is 11.1 Å². The maximum Gasteiger partial charge on any atom is 0.335 e. The van der Waals surface area contributed by atoms with Crippen LogP contribution in [0.15, 0.2) is 18.2 Å². The number of carbonyl (C=O) groups is 2. The van der Waals surface area contributed by atoms with Crippen LogP contribution < -0.4 is 0 Å². The maximum atomic E-state index is 10.6. The Morgan fingerprint density at radius 1 is 1.29 bits per heavy atom. The van der Waals surface area contributed by atoms with Crippen LogP contribution in [0.5, 0.6) is 0 Å². The number of rotatable bonds is 3. The summed E-state index contributed by atoms with van der Waals surface area (Å²) in [5.74, 6) is -1.92. The molecule has 0 heterocycles. The molecule has 0 atom stereocenters. The third kappa shape index (κ3) is 2.32. The summed E-state index contributed by atoms with van der Waals surface area (Å²) in [4.78, 5) is 21.0. The smallest absolute Gasteiger partial charge is 0.335 e. The molecule has 4 heteroatoms. The van der Waals surface area contributed by atoms with Crippen molar-refractivity contribution in [1.82, 2.24) is 0 Å². The zero-order chi connectivity index (χ0) is 10.7. The normalized spacial score (nSPS) is 9.79. The Bertz CT molecular complexity index is 382. The Morgan fingerprint density at radius 2 is 1.93 bits per heavy atom. The Labute approximate surface area is 80.8 Å². The SMILES string of the molecule is Cc1cc(C(=O)O)ccc1CC(=O)O. The molecule has 0 saturated heterocycles. The third-order valence-corrected chi connectivity index (χ3v) is 1.93. The van der Waals surface area contributed by atoms with Crippen molar-refractivity contribution in [1.29, 1.82) is 0 Å². The lowest BCUT2D eigenvalue weighted by Gasteiger charge is -2.03. The lowest BCUT2D eigenvalue weighted by molar-refractivity contribution is -0.136. The van der Waals surface area contributed by atoms with E-state index in [-0.39, 0.29) is 12.0 Å². The predicted octanol–water partition coefficient (Wildman–Crippen LogP) is 1.32. The van der Waals surface area contributed by atoms with Crippen LogP contribution in [0.3, 0.4) is 0 Å². The fraction of sp³-hybridized carbons (Fsp3) is 0.200. The molecule has 0 fully saturated rings. The number of aromatic carboxylic acids is 1. The monoisotopic (exact) mass is 194 g/mol. The fourth-order valence-corrected chi connectivity index (χ4v) is 1.19. The van der Waals surface area contributed by atoms with E-state index in [1.165, 1.54) is 18.2 Å². The largest absolute Gasteiger partial charge is 0.481 e. The predicted molar refractivity (Wildman–Crippen MR) is 49.5 cm³/mol. The second-order valence-corrected chi connectivity index (χ2v) is 3.02. The molecule has 0 radical (unpaired) electrons. The van der Waals surface area contributed by atoms with E-state index in [0.717, 1.165) is 0 Å². The van der Waals surface area contributed by atoms with Gasteiger partial charge in [0, 0.05) is 0 Å². The molecule has 2 N–H and O–H groups in total. The molecule has 1 aromatic rings. The summed E-state index contributed by atoms with van der Waals surface area (Å²) in [6.07, 6.45) is -0.0776. The van der Waals surface area contributed by atoms with Crippen LogP contribution in [0.25, 0.3) is 0 Å². The first-order valence-electron chi connectivity index (χ1n) is 4.05. The molecule has 0 spiro atoms. The fourth-order valence-electron chi connectivity index (χ4n) is 1.19. The zero-order valence-corrected chi connectivity index (χ0v) is 7.65. The topological polar surface area (TPSA) is 74.6 Å². The van der Waals surface area contributed by atoms with Gasteiger partial charge in [0.15, 0.2) is 0 Å². The highest BCUT2D eigenvalue weighted by atomic mass is 16.4. The van der Waals surface area contributed by atoms with E-state index in [9.17, 15) is 9.59 Å². The minimum Gasteiger partial charge on any atom is -0.481 e. The highest BCUT2D eigenvalue weighted by Crippen LogP contribution is 2.11. The summed E-state index contributed by atoms with van der Waals surface area (Å²) in [6.45, 7) is 1.70. The lowest BCUT2D eigenvalue weighted by Crippen LogP contribution is -2.04. The van der Waals surface area contributed by atoms with Crippen molar-refractivity contribution in [3.8, 4) is 0 Å². The summed E-state index contributed by atoms with van der Waals surface area (Å²) in [7, 11) is 0. The summed E-state index contributed by atoms with van der Waals surface area (Å²) in [5, 5.41) is 17.2. The average Bonchev–Trinajstić information content (AvgIpc) is 2.07. The van der Waals surface area contributed by atoms with Crippen molar-refractivity contribution >= 4 is 11.9 Å². The summed E-state index contributed by atoms with van der Waals surface area (Å²) in [6, 6.07) is 4.42. The van der Waals surface area contributed by atoms with E-state index >= 15 is 0 Å². The van der Waals surface area contributed by atoms with Crippen LogP contribution in [0.4, 0.5) is 0 Å². The number of carboxylic acid groups (broad SMARTS) is 2. The van der Waals surface area contributed by atoms with Gasteiger partial charge in [0.05, 0.1) is 12.0 Å². The summed E-state index contributed by atoms with van der Waals surface area (Å²) >= 11 is 0. The van der Waals surface area contributed by atoms with Crippen molar-refractivity contribution in [2.45, 2.75) is 13.3 Å². The molecule has 1 rings (SSSR count). The number of benzene rings is 1. The van der Waals surface area contributed by atoms with E-state index in [1.807, 2.05) is 0 Å². The van der Waals surface area contributed by atoms with Gasteiger partial charge < -0.3 is 10.2 Å². The van der Waals surface area contributed by atoms with Crippen LogP contribution in [0, 0.1) is 6.92 Å². The molecule has 0 unspecified atom stereocenters. The van der Waals surface area contributed by atoms with Crippen LogP contribution in [0.1, 0.15) is 21.5 Å². The average molecular weight is 194 g/mol. The number of aryl methyl sites for hydroxylation is 1. The first kappa shape index (κ1) is 10.2. The quantitative estimate of drug-likeness (QED) is 0.760. The highest BCUT2D eigenvalue weighted by Gasteiger charge is 2.07. The van der Waals surface area contributed by atoms with E-state index < -0.39 is 11.9 Å². The van der Waals surface area contributed by atoms with Gasteiger partial charge in [-0.1, -0.05) is 6.07 Å². The Balaban J connectivity index is 3.01. The van der Waals surface area contributed by atoms with Gasteiger partial charge in [-0.3, -0.25) is 4.79 Å². The molecule has 1 aromatic carbocycles. The molecule has 14 heavy (non-hydrogen) atoms. The van der Waals surface area contributed by atoms with Gasteiger partial charge in [0.25, 0.3) is 0 Å². The van der Waals surface area contributed by atoms with Crippen LogP contribution in [-0.4, -0.2) is 22.2 Å². The zero-order valence-electron chi connectivity index (χ0n) is 7.65. The molecule has 0 saturated carbocycles. The molecule has 0 aliphatic rings. The number of carboxylic acids is 2. The molecule has 0 aliphatic carbocycles. The van der Waals surface area contributed by atoms with E-state index in [4.69, 9.17) is 10.2 Å². The van der Waals surface area contributed by atoms with Crippen molar-refractivity contribution < 1.29 is 19.8 Å². The highest BCUT2D eigenvalue weighted by molar-refractivity contribution is 5.88. The van der Waals surface area contributed by atoms with Crippen molar-refractivity contribution in [2.24, 2.45) is 0 Å². The molecule has 0 bridgehead atoms. The summed E-state index contributed by atoms with van der Waals surface area (Å²) in [5.41, 5.74) is 1.51. The molecule has 0 amide bonds. The Kier molecular flexibility index (Phi) is 2.86. The van der Waals surface area contributed by atoms with Crippen LogP contribution in [-0.2, 0) is 11.2 Å². The van der Waals surface area contributed by atoms with Crippen LogP contribution in [0.2, 0.25) is 0 Å². The van der Waals surface area contributed by atoms with E-state index in [2.05, 4.69) is 0 Å². The molecular weight excluding hydrogens is 184 g/mol. The van der Waals surface area contributed by atoms with Gasteiger partial charge in [-0.15, -0.1) is 0 Å². The molecule has 0 aliphatic heterocycles. The van der Waals surface area contributed by atoms with Gasteiger partial charge in [-0.2, -0.15) is 0 Å². The van der Waals surface area contributed by atoms with Gasteiger partial charge >= 0.3 is 11.9 Å². The second kappa shape index (κ2) is 3.91. The van der Waals surface area contributed by atoms with Gasteiger partial charge in [0.1, 0.15) is 0 Å². The van der Waals surface area contributed by atoms with Crippen molar-refractivity contribution in [3.05, 3.63) is 34.9 Å². The minimum absolute atomic E-state index is 0.0776. The van der Waals surface area contributed by atoms with Gasteiger partial charge in [-0.25, -0.2) is 4.79 Å². The van der Waals surface area contributed by atoms with Crippen LogP contribution >= 0.6 is 0 Å². The molecular formula is C10H10O4. The number of aliphatic carboxylic acids is 1. The second-order valence-electron chi connectivity index (χ2n) is 3.02. The summed E-state index contributed by atoms with van der Waals surface area (Å²) < 4.78 is 0. The number of hydrogen-bond donors (Lipinski definition) is 2. The van der Waals surface area contributed by atoms with Gasteiger partial charge in [0.2, 0.25) is 0 Å². The maximum absolute atomic E-state index is 10.6. The van der Waals surface area contributed by atoms with Crippen molar-refractivity contribution in [2.75, 3.05) is 0 Å².